The van der Waals surface area contributed by atoms with E-state index >= 15 is 0 Å². The van der Waals surface area contributed by atoms with Crippen molar-refractivity contribution in [2.45, 2.75) is 0 Å². The molecular weight excluding hydrogens is 440 g/mol. The largest absolute Gasteiger partial charge is 0.425 e. The first-order chi connectivity index (χ1) is 17.9. The third-order valence-electron chi connectivity index (χ3n) is 7.31. The SMILES string of the molecule is c1ccc(-c2c3ccccc3c(-c3cccc4oc5oc6ccccc6c5c34)c3ccccc23)cc1. The highest BCUT2D eigenvalue weighted by Gasteiger charge is 2.22. The topological polar surface area (TPSA) is 26.3 Å². The van der Waals surface area contributed by atoms with Gasteiger partial charge in [-0.2, -0.15) is 0 Å². The zero-order chi connectivity index (χ0) is 23.6. The summed E-state index contributed by atoms with van der Waals surface area (Å²) in [4.78, 5) is 0. The zero-order valence-electron chi connectivity index (χ0n) is 19.4. The lowest BCUT2D eigenvalue weighted by Crippen LogP contribution is -1.91. The van der Waals surface area contributed by atoms with Crippen molar-refractivity contribution in [1.82, 2.24) is 0 Å². The summed E-state index contributed by atoms with van der Waals surface area (Å²) >= 11 is 0. The average Bonchev–Trinajstić information content (AvgIpc) is 3.48. The first kappa shape index (κ1) is 19.5. The standard InChI is InChI=1S/C34H20O2/c1-2-11-21(12-3-1)30-22-13-4-6-15-24(22)31(25-16-7-5-14-23(25)30)27-18-10-20-29-32(27)33-26-17-8-9-19-28(26)35-34(33)36-29/h1-20H. The van der Waals surface area contributed by atoms with Gasteiger partial charge in [-0.25, -0.2) is 0 Å². The Labute approximate surface area is 207 Å². The third kappa shape index (κ3) is 2.61. The van der Waals surface area contributed by atoms with Gasteiger partial charge in [-0.1, -0.05) is 109 Å². The zero-order valence-corrected chi connectivity index (χ0v) is 19.4. The molecule has 8 rings (SSSR count). The summed E-state index contributed by atoms with van der Waals surface area (Å²) in [6.45, 7) is 0. The Bertz CT molecular complexity index is 2030. The van der Waals surface area contributed by atoms with Crippen LogP contribution in [0, 0.1) is 0 Å². The van der Waals surface area contributed by atoms with Gasteiger partial charge in [-0.3, -0.25) is 0 Å². The van der Waals surface area contributed by atoms with Crippen molar-refractivity contribution in [3.05, 3.63) is 121 Å². The maximum Gasteiger partial charge on any atom is 0.299 e. The van der Waals surface area contributed by atoms with Crippen molar-refractivity contribution in [3.8, 4) is 22.3 Å². The van der Waals surface area contributed by atoms with Crippen molar-refractivity contribution in [2.24, 2.45) is 0 Å². The van der Waals surface area contributed by atoms with E-state index in [0.717, 1.165) is 32.9 Å². The van der Waals surface area contributed by atoms with Crippen LogP contribution in [-0.2, 0) is 0 Å². The molecule has 0 N–H and O–H groups in total. The Hall–Kier alpha value is -4.82. The van der Waals surface area contributed by atoms with E-state index in [1.54, 1.807) is 0 Å². The number of hydrogen-bond donors (Lipinski definition) is 0. The molecule has 0 saturated heterocycles. The average molecular weight is 461 g/mol. The molecular formula is C34H20O2. The van der Waals surface area contributed by atoms with Crippen molar-refractivity contribution in [3.63, 3.8) is 0 Å². The Balaban J connectivity index is 1.60. The number of para-hydroxylation sites is 1. The van der Waals surface area contributed by atoms with Crippen LogP contribution in [0.3, 0.4) is 0 Å². The highest BCUT2D eigenvalue weighted by Crippen LogP contribution is 2.48. The second kappa shape index (κ2) is 7.34. The molecule has 36 heavy (non-hydrogen) atoms. The van der Waals surface area contributed by atoms with Crippen molar-refractivity contribution < 1.29 is 8.83 Å². The second-order valence-corrected chi connectivity index (χ2v) is 9.25. The summed E-state index contributed by atoms with van der Waals surface area (Å²) in [7, 11) is 0. The fourth-order valence-corrected chi connectivity index (χ4v) is 5.85. The molecule has 8 aromatic rings. The van der Waals surface area contributed by atoms with Crippen LogP contribution in [0.5, 0.6) is 0 Å². The lowest BCUT2D eigenvalue weighted by Gasteiger charge is -2.18. The molecule has 0 atom stereocenters. The predicted molar refractivity (Wildman–Crippen MR) is 149 cm³/mol. The van der Waals surface area contributed by atoms with Crippen LogP contribution >= 0.6 is 0 Å². The molecule has 0 spiro atoms. The highest BCUT2D eigenvalue weighted by atomic mass is 16.5. The molecule has 2 heteroatoms. The number of hydrogen-bond acceptors (Lipinski definition) is 2. The molecule has 6 aromatic carbocycles. The van der Waals surface area contributed by atoms with Crippen LogP contribution in [0.2, 0.25) is 0 Å². The fraction of sp³-hybridized carbons (Fsp3) is 0. The number of rotatable bonds is 2. The Morgan fingerprint density at radius 3 is 1.58 bits per heavy atom. The van der Waals surface area contributed by atoms with Gasteiger partial charge in [0.2, 0.25) is 0 Å². The smallest absolute Gasteiger partial charge is 0.299 e. The molecule has 0 aliphatic carbocycles. The lowest BCUT2D eigenvalue weighted by molar-refractivity contribution is 0.524. The molecule has 2 aromatic heterocycles. The van der Waals surface area contributed by atoms with Crippen LogP contribution < -0.4 is 0 Å². The molecule has 0 bridgehead atoms. The van der Waals surface area contributed by atoms with Gasteiger partial charge in [0.15, 0.2) is 0 Å². The lowest BCUT2D eigenvalue weighted by atomic mass is 9.85. The summed E-state index contributed by atoms with van der Waals surface area (Å²) in [5.74, 6) is 0.577. The van der Waals surface area contributed by atoms with E-state index < -0.39 is 0 Å². The number of furan rings is 2. The van der Waals surface area contributed by atoms with Crippen LogP contribution in [0.4, 0.5) is 0 Å². The van der Waals surface area contributed by atoms with E-state index in [2.05, 4.69) is 103 Å². The summed E-state index contributed by atoms with van der Waals surface area (Å²) in [6.07, 6.45) is 0. The van der Waals surface area contributed by atoms with Gasteiger partial charge in [0.25, 0.3) is 5.78 Å². The van der Waals surface area contributed by atoms with E-state index in [1.165, 1.54) is 38.2 Å². The van der Waals surface area contributed by atoms with Gasteiger partial charge in [0, 0.05) is 10.8 Å². The van der Waals surface area contributed by atoms with E-state index in [1.807, 2.05) is 18.2 Å². The Kier molecular flexibility index (Phi) is 3.97. The molecule has 0 radical (unpaired) electrons. The van der Waals surface area contributed by atoms with Crippen LogP contribution in [0.25, 0.3) is 76.9 Å². The molecule has 2 nitrogen and oxygen atoms in total. The summed E-state index contributed by atoms with van der Waals surface area (Å²) in [6, 6.07) is 42.7. The number of fused-ring (bicyclic) bond motifs is 7. The first-order valence-corrected chi connectivity index (χ1v) is 12.2. The van der Waals surface area contributed by atoms with Crippen LogP contribution in [0.15, 0.2) is 130 Å². The Morgan fingerprint density at radius 2 is 0.889 bits per heavy atom. The number of benzene rings is 6. The maximum atomic E-state index is 6.25. The molecule has 168 valence electrons. The van der Waals surface area contributed by atoms with E-state index in [-0.39, 0.29) is 0 Å². The second-order valence-electron chi connectivity index (χ2n) is 9.25. The molecule has 0 aliphatic rings. The third-order valence-corrected chi connectivity index (χ3v) is 7.31. The first-order valence-electron chi connectivity index (χ1n) is 12.2. The minimum atomic E-state index is 0.577. The van der Waals surface area contributed by atoms with Gasteiger partial charge in [0.05, 0.1) is 5.39 Å². The normalized spacial score (nSPS) is 11.9. The van der Waals surface area contributed by atoms with Crippen LogP contribution in [-0.4, -0.2) is 0 Å². The van der Waals surface area contributed by atoms with Crippen LogP contribution in [0.1, 0.15) is 0 Å². The van der Waals surface area contributed by atoms with Gasteiger partial charge in [-0.05, 0) is 55.9 Å². The minimum Gasteiger partial charge on any atom is -0.425 e. The molecule has 0 saturated carbocycles. The quantitative estimate of drug-likeness (QED) is 0.240. The van der Waals surface area contributed by atoms with Crippen molar-refractivity contribution in [1.29, 1.82) is 0 Å². The van der Waals surface area contributed by atoms with Crippen molar-refractivity contribution >= 4 is 54.6 Å². The Morgan fingerprint density at radius 1 is 0.361 bits per heavy atom. The molecule has 0 unspecified atom stereocenters. The monoisotopic (exact) mass is 460 g/mol. The van der Waals surface area contributed by atoms with Gasteiger partial charge in [-0.15, -0.1) is 0 Å². The summed E-state index contributed by atoms with van der Waals surface area (Å²) in [5.41, 5.74) is 6.55. The molecule has 2 heterocycles. The van der Waals surface area contributed by atoms with Gasteiger partial charge < -0.3 is 8.83 Å². The fourth-order valence-electron chi connectivity index (χ4n) is 5.85. The summed E-state index contributed by atoms with van der Waals surface area (Å²) in [5, 5.41) is 8.15. The van der Waals surface area contributed by atoms with E-state index in [9.17, 15) is 0 Å². The maximum absolute atomic E-state index is 6.25. The van der Waals surface area contributed by atoms with E-state index in [4.69, 9.17) is 8.83 Å². The predicted octanol–water partition coefficient (Wildman–Crippen LogP) is 9.97. The van der Waals surface area contributed by atoms with Gasteiger partial charge >= 0.3 is 0 Å². The summed E-state index contributed by atoms with van der Waals surface area (Å²) < 4.78 is 12.4. The molecule has 0 aliphatic heterocycles. The van der Waals surface area contributed by atoms with E-state index in [0.29, 0.717) is 5.78 Å². The minimum absolute atomic E-state index is 0.577. The highest BCUT2D eigenvalue weighted by molar-refractivity contribution is 6.28. The van der Waals surface area contributed by atoms with Crippen molar-refractivity contribution in [2.75, 3.05) is 0 Å². The van der Waals surface area contributed by atoms with Gasteiger partial charge in [0.1, 0.15) is 11.2 Å². The molecule has 0 fully saturated rings. The molecule has 0 amide bonds.